The Morgan fingerprint density at radius 1 is 1.36 bits per heavy atom. The van der Waals surface area contributed by atoms with Crippen LogP contribution in [0.25, 0.3) is 0 Å². The van der Waals surface area contributed by atoms with Crippen LogP contribution in [0.2, 0.25) is 0 Å². The highest BCUT2D eigenvalue weighted by molar-refractivity contribution is 8.00. The van der Waals surface area contributed by atoms with Gasteiger partial charge in [0.2, 0.25) is 0 Å². The number of hydrogen-bond donors (Lipinski definition) is 0. The molecule has 0 aromatic heterocycles. The first-order chi connectivity index (χ1) is 5.17. The molecule has 11 heavy (non-hydrogen) atoms. The lowest BCUT2D eigenvalue weighted by Gasteiger charge is -2.35. The van der Waals surface area contributed by atoms with E-state index >= 15 is 0 Å². The predicted octanol–water partition coefficient (Wildman–Crippen LogP) is 2.70. The molecule has 1 atom stereocenters. The zero-order chi connectivity index (χ0) is 8.32. The molecule has 0 aliphatic carbocycles. The maximum atomic E-state index is 5.71. The van der Waals surface area contributed by atoms with Crippen molar-refractivity contribution in [1.29, 1.82) is 0 Å². The Hall–Kier alpha value is 0.310. The molecule has 1 saturated heterocycles. The van der Waals surface area contributed by atoms with Gasteiger partial charge < -0.3 is 4.74 Å². The lowest BCUT2D eigenvalue weighted by atomic mass is 9.98. The molecule has 2 heteroatoms. The molecule has 0 aromatic carbocycles. The molecule has 0 amide bonds. The second-order valence-corrected chi connectivity index (χ2v) is 5.12. The van der Waals surface area contributed by atoms with Crippen molar-refractivity contribution in [3.63, 3.8) is 0 Å². The second-order valence-electron chi connectivity index (χ2n) is 3.66. The molecular formula is C9H18OS. The van der Waals surface area contributed by atoms with Crippen LogP contribution in [0.3, 0.4) is 0 Å². The van der Waals surface area contributed by atoms with Gasteiger partial charge in [-0.2, -0.15) is 11.8 Å². The zero-order valence-electron chi connectivity index (χ0n) is 7.72. The molecule has 1 rings (SSSR count). The Labute approximate surface area is 73.9 Å². The fraction of sp³-hybridized carbons (Fsp3) is 1.00. The highest BCUT2D eigenvalue weighted by atomic mass is 32.2. The first kappa shape index (κ1) is 9.40. The first-order valence-corrected chi connectivity index (χ1v) is 5.56. The van der Waals surface area contributed by atoms with Crippen LogP contribution in [0.1, 0.15) is 33.1 Å². The molecule has 0 spiro atoms. The van der Waals surface area contributed by atoms with Crippen molar-refractivity contribution in [1.82, 2.24) is 0 Å². The summed E-state index contributed by atoms with van der Waals surface area (Å²) in [6.45, 7) is 5.51. The summed E-state index contributed by atoms with van der Waals surface area (Å²) in [5.74, 6) is 0. The number of thioether (sulfide) groups is 1. The van der Waals surface area contributed by atoms with Crippen LogP contribution < -0.4 is 0 Å². The third kappa shape index (κ3) is 2.38. The van der Waals surface area contributed by atoms with Gasteiger partial charge in [-0.15, -0.1) is 0 Å². The van der Waals surface area contributed by atoms with Crippen LogP contribution in [0.15, 0.2) is 0 Å². The Balaban J connectivity index is 2.43. The van der Waals surface area contributed by atoms with Crippen LogP contribution in [0, 0.1) is 0 Å². The normalized spacial score (nSPS) is 27.0. The minimum atomic E-state index is 0.306. The molecule has 0 bridgehead atoms. The van der Waals surface area contributed by atoms with Crippen molar-refractivity contribution >= 4 is 11.8 Å². The van der Waals surface area contributed by atoms with E-state index in [9.17, 15) is 0 Å². The van der Waals surface area contributed by atoms with Gasteiger partial charge in [-0.25, -0.2) is 0 Å². The van der Waals surface area contributed by atoms with E-state index in [2.05, 4.69) is 20.1 Å². The van der Waals surface area contributed by atoms with Gasteiger partial charge in [0.25, 0.3) is 0 Å². The van der Waals surface area contributed by atoms with Gasteiger partial charge in [-0.05, 0) is 39.4 Å². The highest BCUT2D eigenvalue weighted by Gasteiger charge is 2.30. The molecule has 0 N–H and O–H groups in total. The Bertz CT molecular complexity index is 117. The van der Waals surface area contributed by atoms with Crippen molar-refractivity contribution in [3.05, 3.63) is 0 Å². The quantitative estimate of drug-likeness (QED) is 0.636. The van der Waals surface area contributed by atoms with Crippen LogP contribution in [0.4, 0.5) is 0 Å². The summed E-state index contributed by atoms with van der Waals surface area (Å²) in [5.41, 5.74) is 0. The average Bonchev–Trinajstić information content (AvgIpc) is 2.06. The smallest absolute Gasteiger partial charge is 0.0716 e. The van der Waals surface area contributed by atoms with Gasteiger partial charge in [-0.1, -0.05) is 0 Å². The number of ether oxygens (including phenoxy) is 1. The SMILES string of the molecule is CSC(C)(C)C1CCCCO1. The number of hydrogen-bond acceptors (Lipinski definition) is 2. The molecule has 1 unspecified atom stereocenters. The maximum Gasteiger partial charge on any atom is 0.0716 e. The summed E-state index contributed by atoms with van der Waals surface area (Å²) in [7, 11) is 0. The minimum absolute atomic E-state index is 0.306. The highest BCUT2D eigenvalue weighted by Crippen LogP contribution is 2.32. The van der Waals surface area contributed by atoms with Gasteiger partial charge in [0, 0.05) is 11.4 Å². The van der Waals surface area contributed by atoms with Crippen molar-refractivity contribution < 1.29 is 4.74 Å². The molecular weight excluding hydrogens is 156 g/mol. The van der Waals surface area contributed by atoms with E-state index in [-0.39, 0.29) is 0 Å². The summed E-state index contributed by atoms with van der Waals surface area (Å²) < 4.78 is 6.02. The molecule has 1 aliphatic rings. The Kier molecular flexibility index (Phi) is 3.26. The molecule has 1 nitrogen and oxygen atoms in total. The molecule has 1 fully saturated rings. The van der Waals surface area contributed by atoms with Crippen molar-refractivity contribution in [3.8, 4) is 0 Å². The van der Waals surface area contributed by atoms with Crippen LogP contribution >= 0.6 is 11.8 Å². The fourth-order valence-electron chi connectivity index (χ4n) is 1.42. The van der Waals surface area contributed by atoms with Crippen LogP contribution in [0.5, 0.6) is 0 Å². The van der Waals surface area contributed by atoms with E-state index in [1.165, 1.54) is 19.3 Å². The molecule has 1 aliphatic heterocycles. The largest absolute Gasteiger partial charge is 0.377 e. The van der Waals surface area contributed by atoms with Gasteiger partial charge in [-0.3, -0.25) is 0 Å². The van der Waals surface area contributed by atoms with Gasteiger partial charge in [0.15, 0.2) is 0 Å². The van der Waals surface area contributed by atoms with Crippen molar-refractivity contribution in [2.24, 2.45) is 0 Å². The molecule has 1 heterocycles. The number of rotatable bonds is 2. The van der Waals surface area contributed by atoms with Gasteiger partial charge in [0.1, 0.15) is 0 Å². The summed E-state index contributed by atoms with van der Waals surface area (Å²) in [6.07, 6.45) is 6.48. The predicted molar refractivity (Wildman–Crippen MR) is 51.2 cm³/mol. The lowest BCUT2D eigenvalue weighted by Crippen LogP contribution is -2.37. The van der Waals surface area contributed by atoms with E-state index < -0.39 is 0 Å². The fourth-order valence-corrected chi connectivity index (χ4v) is 1.87. The summed E-state index contributed by atoms with van der Waals surface area (Å²) >= 11 is 1.91. The summed E-state index contributed by atoms with van der Waals surface area (Å²) in [6, 6.07) is 0. The van der Waals surface area contributed by atoms with E-state index in [1.807, 2.05) is 11.8 Å². The Morgan fingerprint density at radius 3 is 2.55 bits per heavy atom. The van der Waals surface area contributed by atoms with Crippen molar-refractivity contribution in [2.75, 3.05) is 12.9 Å². The van der Waals surface area contributed by atoms with Crippen LogP contribution in [-0.4, -0.2) is 23.7 Å². The molecule has 66 valence electrons. The standard InChI is InChI=1S/C9H18OS/c1-9(2,11-3)8-6-4-5-7-10-8/h8H,4-7H2,1-3H3. The molecule has 0 radical (unpaired) electrons. The van der Waals surface area contributed by atoms with E-state index in [0.29, 0.717) is 10.9 Å². The minimum Gasteiger partial charge on any atom is -0.377 e. The average molecular weight is 174 g/mol. The summed E-state index contributed by atoms with van der Waals surface area (Å²) in [5, 5.41) is 0. The topological polar surface area (TPSA) is 9.23 Å². The summed E-state index contributed by atoms with van der Waals surface area (Å²) in [4.78, 5) is 0. The maximum absolute atomic E-state index is 5.71. The van der Waals surface area contributed by atoms with Crippen molar-refractivity contribution in [2.45, 2.75) is 44.0 Å². The molecule has 0 aromatic rings. The second kappa shape index (κ2) is 3.81. The zero-order valence-corrected chi connectivity index (χ0v) is 8.54. The molecule has 0 saturated carbocycles. The monoisotopic (exact) mass is 174 g/mol. The van der Waals surface area contributed by atoms with E-state index in [4.69, 9.17) is 4.74 Å². The van der Waals surface area contributed by atoms with E-state index in [1.54, 1.807) is 0 Å². The third-order valence-electron chi connectivity index (χ3n) is 2.48. The van der Waals surface area contributed by atoms with Crippen LogP contribution in [-0.2, 0) is 4.74 Å². The first-order valence-electron chi connectivity index (χ1n) is 4.33. The Morgan fingerprint density at radius 2 is 2.09 bits per heavy atom. The third-order valence-corrected chi connectivity index (χ3v) is 3.80. The van der Waals surface area contributed by atoms with Gasteiger partial charge in [0.05, 0.1) is 6.10 Å². The van der Waals surface area contributed by atoms with Gasteiger partial charge >= 0.3 is 0 Å². The van der Waals surface area contributed by atoms with E-state index in [0.717, 1.165) is 6.61 Å². The lowest BCUT2D eigenvalue weighted by molar-refractivity contribution is -0.00127.